The van der Waals surface area contributed by atoms with Gasteiger partial charge >= 0.3 is 0 Å². The second-order valence-corrected chi connectivity index (χ2v) is 6.62. The van der Waals surface area contributed by atoms with Crippen LogP contribution >= 0.6 is 0 Å². The summed E-state index contributed by atoms with van der Waals surface area (Å²) in [7, 11) is 0. The number of benzene rings is 1. The summed E-state index contributed by atoms with van der Waals surface area (Å²) in [5.74, 6) is 2.73. The molecule has 0 fully saturated rings. The summed E-state index contributed by atoms with van der Waals surface area (Å²) in [6, 6.07) is 10.2. The van der Waals surface area contributed by atoms with Gasteiger partial charge in [-0.2, -0.15) is 0 Å². The molecule has 1 aromatic rings. The second-order valence-electron chi connectivity index (χ2n) is 6.62. The molecule has 0 aliphatic heterocycles. The average molecular weight is 300 g/mol. The van der Waals surface area contributed by atoms with Gasteiger partial charge in [0.25, 0.3) is 0 Å². The first-order valence-electron chi connectivity index (χ1n) is 9.20. The van der Waals surface area contributed by atoms with E-state index in [-0.39, 0.29) is 0 Å². The van der Waals surface area contributed by atoms with Gasteiger partial charge in [-0.3, -0.25) is 0 Å². The minimum Gasteiger partial charge on any atom is -0.494 e. The maximum Gasteiger partial charge on any atom is 0.119 e. The Labute approximate surface area is 136 Å². The lowest BCUT2D eigenvalue weighted by atomic mass is 9.80. The molecule has 0 N–H and O–H groups in total. The van der Waals surface area contributed by atoms with Gasteiger partial charge in [0.15, 0.2) is 0 Å². The molecule has 1 aliphatic carbocycles. The Bertz CT molecular complexity index is 434. The molecule has 0 aromatic heterocycles. The predicted molar refractivity (Wildman–Crippen MR) is 95.3 cm³/mol. The molecule has 1 nitrogen and oxygen atoms in total. The predicted octanol–water partition coefficient (Wildman–Crippen LogP) is 6.40. The highest BCUT2D eigenvalue weighted by molar-refractivity contribution is 5.20. The van der Waals surface area contributed by atoms with E-state index >= 15 is 0 Å². The van der Waals surface area contributed by atoms with E-state index < -0.39 is 0 Å². The summed E-state index contributed by atoms with van der Waals surface area (Å²) in [5.41, 5.74) is 1.74. The summed E-state index contributed by atoms with van der Waals surface area (Å²) in [6.45, 7) is 5.48. The normalized spacial score (nSPS) is 19.5. The molecule has 1 aliphatic rings. The third kappa shape index (κ3) is 5.51. The zero-order valence-electron chi connectivity index (χ0n) is 14.4. The standard InChI is InChI=1S/C21H32O/c1-3-9-19(20-15-13-18(4-2)14-16-20)10-8-17-22-21-11-6-5-7-12-21/h5-7,11-12,15,18-19H,3-4,8-10,13-14,16-17H2,1-2H3. The topological polar surface area (TPSA) is 9.23 Å². The number of rotatable bonds is 9. The summed E-state index contributed by atoms with van der Waals surface area (Å²) in [5, 5.41) is 0. The van der Waals surface area contributed by atoms with Crippen LogP contribution in [0.4, 0.5) is 0 Å². The number of allylic oxidation sites excluding steroid dienone is 2. The lowest BCUT2D eigenvalue weighted by Gasteiger charge is -2.26. The molecule has 0 spiro atoms. The van der Waals surface area contributed by atoms with Crippen LogP contribution in [-0.2, 0) is 0 Å². The molecule has 2 atom stereocenters. The Morgan fingerprint density at radius 3 is 2.59 bits per heavy atom. The first kappa shape index (κ1) is 17.1. The molecule has 1 heteroatoms. The summed E-state index contributed by atoms with van der Waals surface area (Å²) in [6.07, 6.45) is 13.0. The Morgan fingerprint density at radius 1 is 1.14 bits per heavy atom. The Hall–Kier alpha value is -1.24. The summed E-state index contributed by atoms with van der Waals surface area (Å²) in [4.78, 5) is 0. The molecule has 122 valence electrons. The van der Waals surface area contributed by atoms with Crippen molar-refractivity contribution in [2.24, 2.45) is 11.8 Å². The van der Waals surface area contributed by atoms with Gasteiger partial charge < -0.3 is 4.74 Å². The number of para-hydroxylation sites is 1. The highest BCUT2D eigenvalue weighted by atomic mass is 16.5. The van der Waals surface area contributed by atoms with Crippen molar-refractivity contribution in [3.63, 3.8) is 0 Å². The quantitative estimate of drug-likeness (QED) is 0.379. The number of hydrogen-bond acceptors (Lipinski definition) is 1. The monoisotopic (exact) mass is 300 g/mol. The van der Waals surface area contributed by atoms with Crippen LogP contribution in [0.3, 0.4) is 0 Å². The fraction of sp³-hybridized carbons (Fsp3) is 0.619. The van der Waals surface area contributed by atoms with E-state index in [1.807, 2.05) is 30.3 Å². The Kier molecular flexibility index (Phi) is 7.56. The van der Waals surface area contributed by atoms with Crippen LogP contribution in [-0.4, -0.2) is 6.61 Å². The first-order valence-corrected chi connectivity index (χ1v) is 9.20. The zero-order valence-corrected chi connectivity index (χ0v) is 14.4. The van der Waals surface area contributed by atoms with Crippen molar-refractivity contribution in [3.05, 3.63) is 42.0 Å². The Balaban J connectivity index is 1.76. The number of ether oxygens (including phenoxy) is 1. The van der Waals surface area contributed by atoms with E-state index in [0.717, 1.165) is 30.6 Å². The van der Waals surface area contributed by atoms with E-state index in [4.69, 9.17) is 4.74 Å². The zero-order chi connectivity index (χ0) is 15.6. The fourth-order valence-corrected chi connectivity index (χ4v) is 3.55. The highest BCUT2D eigenvalue weighted by Crippen LogP contribution is 2.33. The van der Waals surface area contributed by atoms with Gasteiger partial charge in [0.1, 0.15) is 5.75 Å². The maximum atomic E-state index is 5.84. The van der Waals surface area contributed by atoms with E-state index in [9.17, 15) is 0 Å². The molecule has 0 bridgehead atoms. The third-order valence-corrected chi connectivity index (χ3v) is 5.00. The lowest BCUT2D eigenvalue weighted by molar-refractivity contribution is 0.292. The van der Waals surface area contributed by atoms with E-state index in [0.29, 0.717) is 0 Å². The van der Waals surface area contributed by atoms with Crippen molar-refractivity contribution in [1.82, 2.24) is 0 Å². The van der Waals surface area contributed by atoms with Crippen molar-refractivity contribution in [1.29, 1.82) is 0 Å². The minimum atomic E-state index is 0.794. The van der Waals surface area contributed by atoms with Gasteiger partial charge in [-0.1, -0.05) is 56.5 Å². The van der Waals surface area contributed by atoms with Crippen molar-refractivity contribution < 1.29 is 4.74 Å². The third-order valence-electron chi connectivity index (χ3n) is 5.00. The average Bonchev–Trinajstić information content (AvgIpc) is 2.59. The van der Waals surface area contributed by atoms with Gasteiger partial charge in [0.2, 0.25) is 0 Å². The highest BCUT2D eigenvalue weighted by Gasteiger charge is 2.19. The lowest BCUT2D eigenvalue weighted by Crippen LogP contribution is -2.13. The Morgan fingerprint density at radius 2 is 1.95 bits per heavy atom. The van der Waals surface area contributed by atoms with Crippen molar-refractivity contribution in [3.8, 4) is 5.75 Å². The van der Waals surface area contributed by atoms with Gasteiger partial charge in [0.05, 0.1) is 6.61 Å². The van der Waals surface area contributed by atoms with Crippen LogP contribution < -0.4 is 4.74 Å². The molecule has 0 saturated carbocycles. The number of hydrogen-bond donors (Lipinski definition) is 0. The molecule has 2 rings (SSSR count). The second kappa shape index (κ2) is 9.71. The fourth-order valence-electron chi connectivity index (χ4n) is 3.55. The van der Waals surface area contributed by atoms with Crippen LogP contribution in [0.5, 0.6) is 5.75 Å². The minimum absolute atomic E-state index is 0.794. The molecular formula is C21H32O. The molecule has 1 aromatic carbocycles. The first-order chi connectivity index (χ1) is 10.8. The van der Waals surface area contributed by atoms with Crippen LogP contribution in [0.15, 0.2) is 42.0 Å². The largest absolute Gasteiger partial charge is 0.494 e. The van der Waals surface area contributed by atoms with Gasteiger partial charge in [-0.05, 0) is 62.5 Å². The van der Waals surface area contributed by atoms with Crippen LogP contribution in [0.2, 0.25) is 0 Å². The van der Waals surface area contributed by atoms with E-state index in [2.05, 4.69) is 19.9 Å². The van der Waals surface area contributed by atoms with Gasteiger partial charge in [-0.25, -0.2) is 0 Å². The molecule has 2 unspecified atom stereocenters. The van der Waals surface area contributed by atoms with Crippen molar-refractivity contribution in [2.45, 2.75) is 65.2 Å². The maximum absolute atomic E-state index is 5.84. The summed E-state index contributed by atoms with van der Waals surface area (Å²) >= 11 is 0. The van der Waals surface area contributed by atoms with Gasteiger partial charge in [0, 0.05) is 0 Å². The molecule has 0 heterocycles. The van der Waals surface area contributed by atoms with E-state index in [1.54, 1.807) is 5.57 Å². The molecular weight excluding hydrogens is 268 g/mol. The van der Waals surface area contributed by atoms with Crippen molar-refractivity contribution in [2.75, 3.05) is 6.61 Å². The molecule has 0 radical (unpaired) electrons. The molecule has 0 saturated heterocycles. The van der Waals surface area contributed by atoms with Crippen LogP contribution in [0.25, 0.3) is 0 Å². The van der Waals surface area contributed by atoms with Crippen molar-refractivity contribution >= 4 is 0 Å². The molecule has 22 heavy (non-hydrogen) atoms. The summed E-state index contributed by atoms with van der Waals surface area (Å²) < 4.78 is 5.84. The van der Waals surface area contributed by atoms with Crippen LogP contribution in [0.1, 0.15) is 65.2 Å². The van der Waals surface area contributed by atoms with E-state index in [1.165, 1.54) is 44.9 Å². The van der Waals surface area contributed by atoms with Gasteiger partial charge in [-0.15, -0.1) is 0 Å². The SMILES string of the molecule is CCCC(CCCOc1ccccc1)C1=CCC(CC)CC1. The smallest absolute Gasteiger partial charge is 0.119 e. The molecule has 0 amide bonds. The van der Waals surface area contributed by atoms with Crippen LogP contribution in [0, 0.1) is 11.8 Å².